The van der Waals surface area contributed by atoms with Gasteiger partial charge >= 0.3 is 5.97 Å². The Hall–Kier alpha value is -1.25. The molecular weight excluding hydrogens is 312 g/mol. The number of nitrogens with one attached hydrogen (secondary N) is 1. The molecule has 0 amide bonds. The van der Waals surface area contributed by atoms with E-state index in [4.69, 9.17) is 10.8 Å². The molecular formula is C13H20N2O4S2. The SMILES string of the molecule is CCSCCC(C)NS(=O)(=O)c1ccc(N)cc1C(=O)O. The van der Waals surface area contributed by atoms with Crippen molar-refractivity contribution in [3.05, 3.63) is 23.8 Å². The quantitative estimate of drug-likeness (QED) is 0.494. The van der Waals surface area contributed by atoms with E-state index in [0.717, 1.165) is 17.6 Å². The topological polar surface area (TPSA) is 109 Å². The Morgan fingerprint density at radius 1 is 1.48 bits per heavy atom. The van der Waals surface area contributed by atoms with Crippen molar-refractivity contribution in [1.29, 1.82) is 0 Å². The molecule has 1 atom stereocenters. The van der Waals surface area contributed by atoms with E-state index in [9.17, 15) is 13.2 Å². The van der Waals surface area contributed by atoms with Gasteiger partial charge in [-0.15, -0.1) is 0 Å². The lowest BCUT2D eigenvalue weighted by molar-refractivity contribution is 0.0692. The van der Waals surface area contributed by atoms with E-state index in [1.54, 1.807) is 18.7 Å². The number of aromatic carboxylic acids is 1. The third-order valence-electron chi connectivity index (χ3n) is 2.78. The maximum atomic E-state index is 12.3. The number of benzene rings is 1. The average Bonchev–Trinajstić information content (AvgIpc) is 2.37. The zero-order valence-corrected chi connectivity index (χ0v) is 13.6. The van der Waals surface area contributed by atoms with Gasteiger partial charge in [0, 0.05) is 11.7 Å². The number of hydrogen-bond acceptors (Lipinski definition) is 5. The number of nitrogens with two attached hydrogens (primary N) is 1. The monoisotopic (exact) mass is 332 g/mol. The van der Waals surface area contributed by atoms with Gasteiger partial charge in [-0.05, 0) is 43.0 Å². The van der Waals surface area contributed by atoms with E-state index in [-0.39, 0.29) is 22.2 Å². The molecule has 0 aliphatic heterocycles. The van der Waals surface area contributed by atoms with Gasteiger partial charge in [0.15, 0.2) is 0 Å². The number of carboxylic acids is 1. The first-order valence-corrected chi connectivity index (χ1v) is 9.14. The standard InChI is InChI=1S/C13H20N2O4S2/c1-3-20-7-6-9(2)15-21(18,19)12-5-4-10(14)8-11(12)13(16)17/h4-5,8-9,15H,3,6-7,14H2,1-2H3,(H,16,17). The maximum absolute atomic E-state index is 12.3. The second kappa shape index (κ2) is 7.67. The van der Waals surface area contributed by atoms with Crippen LogP contribution in [-0.2, 0) is 10.0 Å². The van der Waals surface area contributed by atoms with Crippen molar-refractivity contribution in [3.8, 4) is 0 Å². The van der Waals surface area contributed by atoms with E-state index in [1.807, 2.05) is 6.92 Å². The molecule has 8 heteroatoms. The molecule has 0 heterocycles. The van der Waals surface area contributed by atoms with Crippen LogP contribution in [0.15, 0.2) is 23.1 Å². The summed E-state index contributed by atoms with van der Waals surface area (Å²) in [5.41, 5.74) is 5.40. The van der Waals surface area contributed by atoms with Crippen molar-refractivity contribution >= 4 is 33.4 Å². The van der Waals surface area contributed by atoms with Crippen LogP contribution in [0.4, 0.5) is 5.69 Å². The van der Waals surface area contributed by atoms with Crippen LogP contribution in [-0.4, -0.2) is 37.0 Å². The lowest BCUT2D eigenvalue weighted by Crippen LogP contribution is -2.34. The molecule has 0 bridgehead atoms. The molecule has 4 N–H and O–H groups in total. The molecule has 1 rings (SSSR count). The van der Waals surface area contributed by atoms with Crippen molar-refractivity contribution in [2.45, 2.75) is 31.2 Å². The van der Waals surface area contributed by atoms with Gasteiger partial charge in [-0.2, -0.15) is 11.8 Å². The van der Waals surface area contributed by atoms with E-state index in [1.165, 1.54) is 12.1 Å². The van der Waals surface area contributed by atoms with Crippen LogP contribution < -0.4 is 10.5 Å². The summed E-state index contributed by atoms with van der Waals surface area (Å²) in [6.07, 6.45) is 0.676. The first-order valence-electron chi connectivity index (χ1n) is 6.50. The minimum absolute atomic E-state index is 0.207. The summed E-state index contributed by atoms with van der Waals surface area (Å²) in [4.78, 5) is 10.9. The van der Waals surface area contributed by atoms with E-state index in [2.05, 4.69) is 4.72 Å². The molecule has 0 radical (unpaired) electrons. The Balaban J connectivity index is 2.95. The van der Waals surface area contributed by atoms with Gasteiger partial charge in [-0.1, -0.05) is 6.92 Å². The molecule has 0 aliphatic carbocycles. The smallest absolute Gasteiger partial charge is 0.337 e. The number of nitrogen functional groups attached to an aromatic ring is 1. The van der Waals surface area contributed by atoms with Crippen LogP contribution in [0.25, 0.3) is 0 Å². The van der Waals surface area contributed by atoms with Crippen molar-refractivity contribution in [2.75, 3.05) is 17.2 Å². The molecule has 0 saturated heterocycles. The van der Waals surface area contributed by atoms with Gasteiger partial charge < -0.3 is 10.8 Å². The van der Waals surface area contributed by atoms with E-state index >= 15 is 0 Å². The van der Waals surface area contributed by atoms with Gasteiger partial charge in [-0.25, -0.2) is 17.9 Å². The highest BCUT2D eigenvalue weighted by Gasteiger charge is 2.24. The number of sulfonamides is 1. The summed E-state index contributed by atoms with van der Waals surface area (Å²) in [6, 6.07) is 3.47. The Labute approximate surface area is 129 Å². The highest BCUT2D eigenvalue weighted by atomic mass is 32.2. The maximum Gasteiger partial charge on any atom is 0.337 e. The molecule has 0 spiro atoms. The van der Waals surface area contributed by atoms with Crippen molar-refractivity contribution in [3.63, 3.8) is 0 Å². The van der Waals surface area contributed by atoms with Crippen LogP contribution in [0, 0.1) is 0 Å². The first-order chi connectivity index (χ1) is 9.77. The predicted octanol–water partition coefficient (Wildman–Crippen LogP) is 1.78. The summed E-state index contributed by atoms with van der Waals surface area (Å²) in [7, 11) is -3.88. The van der Waals surface area contributed by atoms with Crippen LogP contribution in [0.5, 0.6) is 0 Å². The lowest BCUT2D eigenvalue weighted by atomic mass is 10.2. The first kappa shape index (κ1) is 17.8. The van der Waals surface area contributed by atoms with Crippen molar-refractivity contribution < 1.29 is 18.3 Å². The van der Waals surface area contributed by atoms with Gasteiger partial charge in [-0.3, -0.25) is 0 Å². The molecule has 0 aromatic heterocycles. The Morgan fingerprint density at radius 2 is 2.14 bits per heavy atom. The minimum atomic E-state index is -3.88. The normalized spacial score (nSPS) is 13.0. The minimum Gasteiger partial charge on any atom is -0.478 e. The fraction of sp³-hybridized carbons (Fsp3) is 0.462. The van der Waals surface area contributed by atoms with Crippen LogP contribution in [0.1, 0.15) is 30.6 Å². The number of thioether (sulfide) groups is 1. The number of hydrogen-bond donors (Lipinski definition) is 3. The fourth-order valence-corrected chi connectivity index (χ4v) is 4.01. The summed E-state index contributed by atoms with van der Waals surface area (Å²) >= 11 is 1.72. The second-order valence-corrected chi connectivity index (χ2v) is 7.64. The molecule has 1 unspecified atom stereocenters. The summed E-state index contributed by atoms with van der Waals surface area (Å²) in [5, 5.41) is 9.11. The van der Waals surface area contributed by atoms with Crippen LogP contribution in [0.2, 0.25) is 0 Å². The van der Waals surface area contributed by atoms with Gasteiger partial charge in [0.25, 0.3) is 0 Å². The van der Waals surface area contributed by atoms with Crippen molar-refractivity contribution in [2.24, 2.45) is 0 Å². The number of carbonyl (C=O) groups is 1. The largest absolute Gasteiger partial charge is 0.478 e. The molecule has 21 heavy (non-hydrogen) atoms. The van der Waals surface area contributed by atoms with Gasteiger partial charge in [0.2, 0.25) is 10.0 Å². The zero-order valence-electron chi connectivity index (χ0n) is 12.0. The van der Waals surface area contributed by atoms with Gasteiger partial charge in [0.05, 0.1) is 10.5 Å². The Kier molecular flexibility index (Phi) is 6.50. The summed E-state index contributed by atoms with van der Waals surface area (Å²) in [6.45, 7) is 3.79. The highest BCUT2D eigenvalue weighted by molar-refractivity contribution is 7.99. The summed E-state index contributed by atoms with van der Waals surface area (Å²) in [5.74, 6) is 0.491. The van der Waals surface area contributed by atoms with Crippen molar-refractivity contribution in [1.82, 2.24) is 4.72 Å². The molecule has 0 aliphatic rings. The number of anilines is 1. The lowest BCUT2D eigenvalue weighted by Gasteiger charge is -2.15. The summed E-state index contributed by atoms with van der Waals surface area (Å²) < 4.78 is 27.1. The second-order valence-electron chi connectivity index (χ2n) is 4.57. The molecule has 0 saturated carbocycles. The highest BCUT2D eigenvalue weighted by Crippen LogP contribution is 2.19. The molecule has 0 fully saturated rings. The Morgan fingerprint density at radius 3 is 2.71 bits per heavy atom. The third-order valence-corrected chi connectivity index (χ3v) is 5.36. The third kappa shape index (κ3) is 5.22. The van der Waals surface area contributed by atoms with E-state index in [0.29, 0.717) is 6.42 Å². The van der Waals surface area contributed by atoms with Crippen LogP contribution >= 0.6 is 11.8 Å². The van der Waals surface area contributed by atoms with Gasteiger partial charge in [0.1, 0.15) is 0 Å². The number of rotatable bonds is 8. The van der Waals surface area contributed by atoms with Crippen LogP contribution in [0.3, 0.4) is 0 Å². The number of carboxylic acid groups (broad SMARTS) is 1. The molecule has 1 aromatic rings. The van der Waals surface area contributed by atoms with E-state index < -0.39 is 16.0 Å². The molecule has 1 aromatic carbocycles. The Bertz CT molecular complexity index is 602. The zero-order chi connectivity index (χ0) is 16.0. The average molecular weight is 332 g/mol. The predicted molar refractivity (Wildman–Crippen MR) is 85.2 cm³/mol. The fourth-order valence-electron chi connectivity index (χ4n) is 1.74. The molecule has 118 valence electrons. The molecule has 6 nitrogen and oxygen atoms in total.